The summed E-state index contributed by atoms with van der Waals surface area (Å²) in [5.41, 5.74) is 5.74. The van der Waals surface area contributed by atoms with Gasteiger partial charge in [-0.3, -0.25) is 14.5 Å². The molecule has 0 spiro atoms. The largest absolute Gasteiger partial charge is 0.390 e. The Balaban J connectivity index is 1.52. The van der Waals surface area contributed by atoms with E-state index in [1.165, 1.54) is 0 Å². The maximum absolute atomic E-state index is 13.0. The molecule has 33 heavy (non-hydrogen) atoms. The molecular formula is C24H29BrN4O4. The Morgan fingerprint density at radius 3 is 2.76 bits per heavy atom. The van der Waals surface area contributed by atoms with Crippen molar-refractivity contribution in [1.29, 1.82) is 0 Å². The first-order valence-corrected chi connectivity index (χ1v) is 11.8. The highest BCUT2D eigenvalue weighted by Gasteiger charge is 2.29. The van der Waals surface area contributed by atoms with Gasteiger partial charge in [-0.2, -0.15) is 0 Å². The van der Waals surface area contributed by atoms with Crippen LogP contribution in [0.15, 0.2) is 22.7 Å². The molecule has 1 aromatic heterocycles. The summed E-state index contributed by atoms with van der Waals surface area (Å²) in [6, 6.07) is 5.67. The molecule has 0 saturated carbocycles. The number of carbonyl (C=O) groups is 2. The minimum absolute atomic E-state index is 0.163. The number of aryl methyl sites for hydroxylation is 1. The van der Waals surface area contributed by atoms with Crippen molar-refractivity contribution in [2.75, 3.05) is 44.7 Å². The molecule has 2 amide bonds. The summed E-state index contributed by atoms with van der Waals surface area (Å²) in [6.45, 7) is 9.15. The zero-order chi connectivity index (χ0) is 23.7. The number of hydrogen-bond acceptors (Lipinski definition) is 5. The fraction of sp³-hybridized carbons (Fsp3) is 0.417. The number of anilines is 1. The number of aromatic amines is 1. The van der Waals surface area contributed by atoms with Gasteiger partial charge in [-0.15, -0.1) is 0 Å². The van der Waals surface area contributed by atoms with E-state index in [-0.39, 0.29) is 18.4 Å². The van der Waals surface area contributed by atoms with E-state index in [0.29, 0.717) is 30.9 Å². The third-order valence-electron chi connectivity index (χ3n) is 6.21. The molecule has 2 aromatic rings. The molecule has 2 aliphatic heterocycles. The van der Waals surface area contributed by atoms with Crippen LogP contribution in [0.25, 0.3) is 11.1 Å². The molecule has 4 N–H and O–H groups in total. The van der Waals surface area contributed by atoms with Gasteiger partial charge in [0.2, 0.25) is 0 Å². The second-order valence-corrected chi connectivity index (χ2v) is 9.46. The molecule has 2 aliphatic rings. The van der Waals surface area contributed by atoms with Gasteiger partial charge in [0.05, 0.1) is 30.5 Å². The third kappa shape index (κ3) is 4.91. The Labute approximate surface area is 201 Å². The lowest BCUT2D eigenvalue weighted by Gasteiger charge is -2.28. The maximum atomic E-state index is 13.0. The predicted octanol–water partition coefficient (Wildman–Crippen LogP) is 2.70. The van der Waals surface area contributed by atoms with Crippen LogP contribution in [-0.2, 0) is 9.53 Å². The quantitative estimate of drug-likeness (QED) is 0.441. The van der Waals surface area contributed by atoms with Crippen molar-refractivity contribution in [3.8, 4) is 0 Å². The molecule has 1 atom stereocenters. The number of hydrogen-bond donors (Lipinski definition) is 4. The Kier molecular flexibility index (Phi) is 7.04. The van der Waals surface area contributed by atoms with Crippen LogP contribution in [0.2, 0.25) is 0 Å². The van der Waals surface area contributed by atoms with Crippen LogP contribution in [0.5, 0.6) is 0 Å². The van der Waals surface area contributed by atoms with Crippen LogP contribution in [-0.4, -0.2) is 72.3 Å². The number of H-pyrrole nitrogens is 1. The van der Waals surface area contributed by atoms with E-state index in [1.54, 1.807) is 0 Å². The minimum atomic E-state index is -0.660. The number of rotatable bonds is 6. The molecule has 1 saturated heterocycles. The van der Waals surface area contributed by atoms with Crippen molar-refractivity contribution in [2.24, 2.45) is 0 Å². The standard InChI is InChI=1S/C24H29BrN4O4/c1-13-20(23(31)26-11-17(30)12-29-6-8-33-9-7-29)15(3)27-22(13)14(2)21-18-10-16(25)4-5-19(18)28-24(21)32/h4-5,10,17,27,30H,6-9,11-12H2,1-3H3,(H,26,31)(H,28,32)/b21-14-. The van der Waals surface area contributed by atoms with Gasteiger partial charge in [-0.05, 0) is 50.1 Å². The van der Waals surface area contributed by atoms with Gasteiger partial charge in [0.25, 0.3) is 11.8 Å². The minimum Gasteiger partial charge on any atom is -0.390 e. The molecule has 4 rings (SSSR count). The van der Waals surface area contributed by atoms with Crippen molar-refractivity contribution in [1.82, 2.24) is 15.2 Å². The van der Waals surface area contributed by atoms with Gasteiger partial charge in [0.1, 0.15) is 0 Å². The number of ether oxygens (including phenoxy) is 1. The third-order valence-corrected chi connectivity index (χ3v) is 6.70. The number of aromatic nitrogens is 1. The van der Waals surface area contributed by atoms with Crippen LogP contribution in [0.3, 0.4) is 0 Å². The van der Waals surface area contributed by atoms with Crippen molar-refractivity contribution in [2.45, 2.75) is 26.9 Å². The number of benzene rings is 1. The molecule has 1 fully saturated rings. The first-order valence-electron chi connectivity index (χ1n) is 11.0. The number of halogens is 1. The van der Waals surface area contributed by atoms with Gasteiger partial charge < -0.3 is 25.5 Å². The number of aliphatic hydroxyl groups is 1. The summed E-state index contributed by atoms with van der Waals surface area (Å²) >= 11 is 3.47. The summed E-state index contributed by atoms with van der Waals surface area (Å²) in [4.78, 5) is 31.1. The monoisotopic (exact) mass is 516 g/mol. The number of amides is 2. The smallest absolute Gasteiger partial charge is 0.256 e. The highest BCUT2D eigenvalue weighted by Crippen LogP contribution is 2.39. The average Bonchev–Trinajstić information content (AvgIpc) is 3.26. The number of fused-ring (bicyclic) bond motifs is 1. The van der Waals surface area contributed by atoms with E-state index in [0.717, 1.165) is 51.3 Å². The maximum Gasteiger partial charge on any atom is 0.256 e. The van der Waals surface area contributed by atoms with E-state index in [1.807, 2.05) is 39.0 Å². The van der Waals surface area contributed by atoms with Gasteiger partial charge in [0, 0.05) is 53.3 Å². The van der Waals surface area contributed by atoms with Crippen LogP contribution in [0.1, 0.15) is 39.8 Å². The van der Waals surface area contributed by atoms with Crippen molar-refractivity contribution >= 4 is 44.6 Å². The van der Waals surface area contributed by atoms with Gasteiger partial charge in [-0.25, -0.2) is 0 Å². The van der Waals surface area contributed by atoms with Crippen molar-refractivity contribution in [3.63, 3.8) is 0 Å². The number of nitrogens with zero attached hydrogens (tertiary/aromatic N) is 1. The van der Waals surface area contributed by atoms with Crippen molar-refractivity contribution in [3.05, 3.63) is 50.8 Å². The average molecular weight is 517 g/mol. The van der Waals surface area contributed by atoms with E-state index < -0.39 is 6.10 Å². The summed E-state index contributed by atoms with van der Waals surface area (Å²) in [7, 11) is 0. The fourth-order valence-electron chi connectivity index (χ4n) is 4.55. The number of β-amino-alcohol motifs (C(OH)–C–C–N with tert-alkyl or cyclic N) is 1. The molecule has 0 aliphatic carbocycles. The molecule has 1 unspecified atom stereocenters. The van der Waals surface area contributed by atoms with E-state index in [2.05, 4.69) is 36.4 Å². The zero-order valence-corrected chi connectivity index (χ0v) is 20.6. The number of carbonyl (C=O) groups excluding carboxylic acids is 2. The lowest BCUT2D eigenvalue weighted by Crippen LogP contribution is -2.44. The lowest BCUT2D eigenvalue weighted by molar-refractivity contribution is -0.110. The summed E-state index contributed by atoms with van der Waals surface area (Å²) < 4.78 is 6.21. The topological polar surface area (TPSA) is 107 Å². The van der Waals surface area contributed by atoms with E-state index in [9.17, 15) is 14.7 Å². The van der Waals surface area contributed by atoms with Gasteiger partial charge >= 0.3 is 0 Å². The molecule has 0 bridgehead atoms. The Hall–Kier alpha value is -2.46. The lowest BCUT2D eigenvalue weighted by atomic mass is 9.97. The number of aliphatic hydroxyl groups excluding tert-OH is 1. The summed E-state index contributed by atoms with van der Waals surface area (Å²) in [6.07, 6.45) is -0.660. The molecule has 3 heterocycles. The Bertz CT molecular complexity index is 1120. The van der Waals surface area contributed by atoms with E-state index >= 15 is 0 Å². The van der Waals surface area contributed by atoms with Crippen LogP contribution in [0.4, 0.5) is 5.69 Å². The van der Waals surface area contributed by atoms with E-state index in [4.69, 9.17) is 4.74 Å². The van der Waals surface area contributed by atoms with Gasteiger partial charge in [-0.1, -0.05) is 15.9 Å². The first kappa shape index (κ1) is 23.7. The van der Waals surface area contributed by atoms with Crippen LogP contribution in [0, 0.1) is 13.8 Å². The molecule has 9 heteroatoms. The molecule has 1 aromatic carbocycles. The molecule has 176 valence electrons. The fourth-order valence-corrected chi connectivity index (χ4v) is 4.91. The zero-order valence-electron chi connectivity index (χ0n) is 19.0. The van der Waals surface area contributed by atoms with Crippen molar-refractivity contribution < 1.29 is 19.4 Å². The SMILES string of the molecule is C/C(=C1/C(=O)Nc2ccc(Br)cc21)c1[nH]c(C)c(C(=O)NCC(O)CN2CCOCC2)c1C. The number of nitrogens with one attached hydrogen (secondary N) is 3. The highest BCUT2D eigenvalue weighted by atomic mass is 79.9. The Morgan fingerprint density at radius 2 is 2.03 bits per heavy atom. The van der Waals surface area contributed by atoms with Gasteiger partial charge in [0.15, 0.2) is 0 Å². The second kappa shape index (κ2) is 9.80. The number of morpholine rings is 1. The first-order chi connectivity index (χ1) is 15.8. The normalized spacial score (nSPS) is 18.6. The van der Waals surface area contributed by atoms with Crippen LogP contribution < -0.4 is 10.6 Å². The van der Waals surface area contributed by atoms with Crippen LogP contribution >= 0.6 is 15.9 Å². The molecular weight excluding hydrogens is 488 g/mol. The summed E-state index contributed by atoms with van der Waals surface area (Å²) in [5, 5.41) is 16.1. The molecule has 8 nitrogen and oxygen atoms in total. The predicted molar refractivity (Wildman–Crippen MR) is 131 cm³/mol. The summed E-state index contributed by atoms with van der Waals surface area (Å²) in [5.74, 6) is -0.408. The second-order valence-electron chi connectivity index (χ2n) is 8.55. The Morgan fingerprint density at radius 1 is 1.30 bits per heavy atom. The highest BCUT2D eigenvalue weighted by molar-refractivity contribution is 9.10. The molecule has 0 radical (unpaired) electrons. The number of allylic oxidation sites excluding steroid dienone is 1.